The van der Waals surface area contributed by atoms with Crippen molar-refractivity contribution in [2.24, 2.45) is 0 Å². The van der Waals surface area contributed by atoms with Crippen molar-refractivity contribution in [3.63, 3.8) is 0 Å². The zero-order chi connectivity index (χ0) is 18.5. The number of amides is 2. The second kappa shape index (κ2) is 8.35. The van der Waals surface area contributed by atoms with Crippen molar-refractivity contribution in [2.45, 2.75) is 0 Å². The molecule has 26 heavy (non-hydrogen) atoms. The van der Waals surface area contributed by atoms with Crippen LogP contribution in [0.3, 0.4) is 0 Å². The van der Waals surface area contributed by atoms with Gasteiger partial charge in [-0.1, -0.05) is 47.7 Å². The zero-order valence-corrected chi connectivity index (χ0v) is 15.7. The molecule has 2 aromatic rings. The quantitative estimate of drug-likeness (QED) is 0.585. The number of rotatable bonds is 5. The highest BCUT2D eigenvalue weighted by Crippen LogP contribution is 2.26. The first-order valence-electron chi connectivity index (χ1n) is 7.53. The Hall–Kier alpha value is -2.35. The third-order valence-electron chi connectivity index (χ3n) is 3.32. The van der Waals surface area contributed by atoms with E-state index in [9.17, 15) is 9.59 Å². The SMILES string of the molecule is O=C(COc1ccc(/C=C2\SC(=S)NC2=O)cc1)Nc1ccc(Cl)cc1. The number of thioether (sulfide) groups is 1. The lowest BCUT2D eigenvalue weighted by molar-refractivity contribution is -0.118. The summed E-state index contributed by atoms with van der Waals surface area (Å²) in [6.07, 6.45) is 1.75. The third kappa shape index (κ3) is 5.08. The van der Waals surface area contributed by atoms with Gasteiger partial charge in [0, 0.05) is 10.7 Å². The maximum Gasteiger partial charge on any atom is 0.263 e. The van der Waals surface area contributed by atoms with E-state index >= 15 is 0 Å². The highest BCUT2D eigenvalue weighted by atomic mass is 35.5. The Bertz CT molecular complexity index is 880. The molecule has 0 aliphatic carbocycles. The van der Waals surface area contributed by atoms with E-state index < -0.39 is 0 Å². The van der Waals surface area contributed by atoms with Gasteiger partial charge >= 0.3 is 0 Å². The van der Waals surface area contributed by atoms with Crippen molar-refractivity contribution in [1.29, 1.82) is 0 Å². The second-order valence-corrected chi connectivity index (χ2v) is 7.42. The Morgan fingerprint density at radius 1 is 1.19 bits per heavy atom. The monoisotopic (exact) mass is 404 g/mol. The number of carbonyl (C=O) groups is 2. The predicted molar refractivity (Wildman–Crippen MR) is 108 cm³/mol. The summed E-state index contributed by atoms with van der Waals surface area (Å²) in [4.78, 5) is 24.1. The lowest BCUT2D eigenvalue weighted by Crippen LogP contribution is -2.20. The summed E-state index contributed by atoms with van der Waals surface area (Å²) in [7, 11) is 0. The van der Waals surface area contributed by atoms with Crippen molar-refractivity contribution in [1.82, 2.24) is 5.32 Å². The first kappa shape index (κ1) is 18.4. The molecule has 1 aliphatic heterocycles. The highest BCUT2D eigenvalue weighted by molar-refractivity contribution is 8.26. The Kier molecular flexibility index (Phi) is 5.92. The van der Waals surface area contributed by atoms with Gasteiger partial charge < -0.3 is 15.4 Å². The first-order valence-corrected chi connectivity index (χ1v) is 9.13. The van der Waals surface area contributed by atoms with Crippen LogP contribution < -0.4 is 15.4 Å². The molecule has 0 spiro atoms. The van der Waals surface area contributed by atoms with E-state index in [2.05, 4.69) is 10.6 Å². The molecule has 1 fully saturated rings. The molecule has 8 heteroatoms. The van der Waals surface area contributed by atoms with E-state index in [1.807, 2.05) is 0 Å². The second-order valence-electron chi connectivity index (χ2n) is 5.27. The van der Waals surface area contributed by atoms with Gasteiger partial charge in [0.05, 0.1) is 4.91 Å². The molecule has 0 unspecified atom stereocenters. The van der Waals surface area contributed by atoms with Crippen molar-refractivity contribution < 1.29 is 14.3 Å². The fraction of sp³-hybridized carbons (Fsp3) is 0.0556. The zero-order valence-electron chi connectivity index (χ0n) is 13.3. The third-order valence-corrected chi connectivity index (χ3v) is 4.73. The summed E-state index contributed by atoms with van der Waals surface area (Å²) < 4.78 is 5.91. The summed E-state index contributed by atoms with van der Waals surface area (Å²) in [5.74, 6) is 0.0858. The van der Waals surface area contributed by atoms with E-state index in [-0.39, 0.29) is 18.4 Å². The molecular formula is C18H13ClN2O3S2. The van der Waals surface area contributed by atoms with Gasteiger partial charge in [0.15, 0.2) is 6.61 Å². The minimum atomic E-state index is -0.272. The average Bonchev–Trinajstić information content (AvgIpc) is 2.93. The Balaban J connectivity index is 1.53. The smallest absolute Gasteiger partial charge is 0.263 e. The van der Waals surface area contributed by atoms with Gasteiger partial charge in [0.25, 0.3) is 11.8 Å². The molecular weight excluding hydrogens is 392 g/mol. The van der Waals surface area contributed by atoms with Gasteiger partial charge in [-0.3, -0.25) is 9.59 Å². The summed E-state index contributed by atoms with van der Waals surface area (Å²) in [6.45, 7) is -0.115. The maximum absolute atomic E-state index is 11.9. The van der Waals surface area contributed by atoms with Gasteiger partial charge in [-0.05, 0) is 48.0 Å². The summed E-state index contributed by atoms with van der Waals surface area (Å²) in [5, 5.41) is 5.88. The number of hydrogen-bond donors (Lipinski definition) is 2. The summed E-state index contributed by atoms with van der Waals surface area (Å²) >= 11 is 12.0. The predicted octanol–water partition coefficient (Wildman–Crippen LogP) is 3.85. The molecule has 5 nitrogen and oxygen atoms in total. The van der Waals surface area contributed by atoms with Crippen LogP contribution in [-0.2, 0) is 9.59 Å². The standard InChI is InChI=1S/C18H13ClN2O3S2/c19-12-3-5-13(6-4-12)20-16(22)10-24-14-7-1-11(2-8-14)9-15-17(23)21-18(25)26-15/h1-9H,10H2,(H,20,22)(H,21,23,25)/b15-9-. The van der Waals surface area contributed by atoms with Crippen LogP contribution in [0, 0.1) is 0 Å². The average molecular weight is 405 g/mol. The number of anilines is 1. The van der Waals surface area contributed by atoms with Crippen LogP contribution in [0.15, 0.2) is 53.4 Å². The molecule has 0 aromatic heterocycles. The van der Waals surface area contributed by atoms with Gasteiger partial charge in [-0.25, -0.2) is 0 Å². The highest BCUT2D eigenvalue weighted by Gasteiger charge is 2.21. The van der Waals surface area contributed by atoms with Gasteiger partial charge in [0.1, 0.15) is 10.1 Å². The molecule has 2 aromatic carbocycles. The van der Waals surface area contributed by atoms with E-state index in [0.717, 1.165) is 5.56 Å². The van der Waals surface area contributed by atoms with E-state index in [1.54, 1.807) is 54.6 Å². The molecule has 0 atom stereocenters. The molecule has 1 aliphatic rings. The first-order chi connectivity index (χ1) is 12.5. The topological polar surface area (TPSA) is 67.4 Å². The van der Waals surface area contributed by atoms with E-state index in [4.69, 9.17) is 28.6 Å². The summed E-state index contributed by atoms with van der Waals surface area (Å²) in [6, 6.07) is 13.9. The van der Waals surface area contributed by atoms with Crippen LogP contribution in [0.25, 0.3) is 6.08 Å². The van der Waals surface area contributed by atoms with Crippen LogP contribution >= 0.6 is 35.6 Å². The number of halogens is 1. The van der Waals surface area contributed by atoms with Crippen LogP contribution in [0.4, 0.5) is 5.69 Å². The largest absolute Gasteiger partial charge is 0.484 e. The van der Waals surface area contributed by atoms with Gasteiger partial charge in [-0.2, -0.15) is 0 Å². The minimum absolute atomic E-state index is 0.115. The number of ether oxygens (including phenoxy) is 1. The number of benzene rings is 2. The fourth-order valence-electron chi connectivity index (χ4n) is 2.11. The molecule has 0 bridgehead atoms. The van der Waals surface area contributed by atoms with Crippen LogP contribution in [-0.4, -0.2) is 22.7 Å². The molecule has 3 rings (SSSR count). The van der Waals surface area contributed by atoms with Gasteiger partial charge in [0.2, 0.25) is 0 Å². The number of thiocarbonyl (C=S) groups is 1. The molecule has 2 N–H and O–H groups in total. The number of hydrogen-bond acceptors (Lipinski definition) is 5. The van der Waals surface area contributed by atoms with Crippen molar-refractivity contribution >= 4 is 63.5 Å². The Morgan fingerprint density at radius 3 is 2.50 bits per heavy atom. The van der Waals surface area contributed by atoms with Crippen molar-refractivity contribution in [3.05, 3.63) is 64.0 Å². The van der Waals surface area contributed by atoms with E-state index in [0.29, 0.717) is 25.7 Å². The molecule has 2 amide bonds. The van der Waals surface area contributed by atoms with Crippen LogP contribution in [0.5, 0.6) is 5.75 Å². The normalized spacial score (nSPS) is 15.0. The van der Waals surface area contributed by atoms with Crippen LogP contribution in [0.2, 0.25) is 5.02 Å². The number of carbonyl (C=O) groups excluding carboxylic acids is 2. The number of nitrogens with one attached hydrogen (secondary N) is 2. The molecule has 132 valence electrons. The molecule has 1 heterocycles. The lowest BCUT2D eigenvalue weighted by Gasteiger charge is -2.08. The lowest BCUT2D eigenvalue weighted by atomic mass is 10.2. The van der Waals surface area contributed by atoms with Crippen molar-refractivity contribution in [3.8, 4) is 5.75 Å². The summed E-state index contributed by atoms with van der Waals surface area (Å²) in [5.41, 5.74) is 1.49. The Labute approximate surface area is 164 Å². The maximum atomic E-state index is 11.9. The molecule has 1 saturated heterocycles. The fourth-order valence-corrected chi connectivity index (χ4v) is 3.28. The minimum Gasteiger partial charge on any atom is -0.484 e. The van der Waals surface area contributed by atoms with Gasteiger partial charge in [-0.15, -0.1) is 0 Å². The Morgan fingerprint density at radius 2 is 1.88 bits per heavy atom. The molecule has 0 radical (unpaired) electrons. The van der Waals surface area contributed by atoms with E-state index in [1.165, 1.54) is 11.8 Å². The van der Waals surface area contributed by atoms with Crippen LogP contribution in [0.1, 0.15) is 5.56 Å². The van der Waals surface area contributed by atoms with Crippen molar-refractivity contribution in [2.75, 3.05) is 11.9 Å². The molecule has 0 saturated carbocycles.